The van der Waals surface area contributed by atoms with Crippen LogP contribution in [0.5, 0.6) is 0 Å². The van der Waals surface area contributed by atoms with E-state index >= 15 is 0 Å². The van der Waals surface area contributed by atoms with Crippen molar-refractivity contribution in [2.45, 2.75) is 26.2 Å². The van der Waals surface area contributed by atoms with E-state index in [1.165, 1.54) is 24.6 Å². The van der Waals surface area contributed by atoms with Crippen molar-refractivity contribution in [1.82, 2.24) is 15.2 Å². The van der Waals surface area contributed by atoms with Crippen LogP contribution < -0.4 is 5.43 Å². The standard InChI is InChI=1S/C14H18N4/c1-11-12-7-3-4-8-13(12)14(16-15-11)17-18-9-5-2-6-10-18/h3-4,7-8H,2,5-6,9-10H2,1H3,(H,16,17). The first kappa shape index (κ1) is 11.4. The van der Waals surface area contributed by atoms with Crippen LogP contribution in [0, 0.1) is 6.92 Å². The lowest BCUT2D eigenvalue weighted by molar-refractivity contribution is 0.272. The highest BCUT2D eigenvalue weighted by atomic mass is 15.5. The Bertz CT molecular complexity index is 546. The Morgan fingerprint density at radius 1 is 1.00 bits per heavy atom. The predicted octanol–water partition coefficient (Wildman–Crippen LogP) is 2.75. The molecule has 1 aliphatic rings. The van der Waals surface area contributed by atoms with Crippen LogP contribution >= 0.6 is 0 Å². The van der Waals surface area contributed by atoms with Crippen LogP contribution in [-0.2, 0) is 0 Å². The third-order valence-corrected chi connectivity index (χ3v) is 3.49. The third-order valence-electron chi connectivity index (χ3n) is 3.49. The highest BCUT2D eigenvalue weighted by molar-refractivity contribution is 5.92. The summed E-state index contributed by atoms with van der Waals surface area (Å²) in [5.41, 5.74) is 4.39. The number of hydrazine groups is 1. The van der Waals surface area contributed by atoms with E-state index in [2.05, 4.69) is 32.8 Å². The van der Waals surface area contributed by atoms with Crippen LogP contribution in [0.15, 0.2) is 24.3 Å². The number of hydrogen-bond donors (Lipinski definition) is 1. The first-order chi connectivity index (χ1) is 8.84. The molecule has 1 aromatic carbocycles. The normalized spacial score (nSPS) is 16.9. The van der Waals surface area contributed by atoms with Crippen molar-refractivity contribution in [3.8, 4) is 0 Å². The van der Waals surface area contributed by atoms with Gasteiger partial charge in [0.25, 0.3) is 0 Å². The van der Waals surface area contributed by atoms with Crippen molar-refractivity contribution >= 4 is 16.6 Å². The van der Waals surface area contributed by atoms with Gasteiger partial charge in [-0.1, -0.05) is 30.7 Å². The first-order valence-corrected chi connectivity index (χ1v) is 6.58. The lowest BCUT2D eigenvalue weighted by Crippen LogP contribution is -2.35. The highest BCUT2D eigenvalue weighted by Crippen LogP contribution is 2.23. The van der Waals surface area contributed by atoms with Gasteiger partial charge in [-0.2, -0.15) is 5.10 Å². The molecule has 2 aromatic rings. The summed E-state index contributed by atoms with van der Waals surface area (Å²) in [4.78, 5) is 0. The molecule has 0 atom stereocenters. The molecule has 1 aromatic heterocycles. The molecule has 94 valence electrons. The van der Waals surface area contributed by atoms with E-state index in [4.69, 9.17) is 0 Å². The van der Waals surface area contributed by atoms with E-state index in [0.29, 0.717) is 0 Å². The first-order valence-electron chi connectivity index (χ1n) is 6.58. The number of rotatable bonds is 2. The van der Waals surface area contributed by atoms with E-state index in [-0.39, 0.29) is 0 Å². The second-order valence-electron chi connectivity index (χ2n) is 4.84. The molecule has 18 heavy (non-hydrogen) atoms. The molecule has 0 aliphatic carbocycles. The average Bonchev–Trinajstić information content (AvgIpc) is 2.44. The number of nitrogens with one attached hydrogen (secondary N) is 1. The molecule has 0 amide bonds. The van der Waals surface area contributed by atoms with E-state index in [9.17, 15) is 0 Å². The van der Waals surface area contributed by atoms with E-state index < -0.39 is 0 Å². The molecule has 1 N–H and O–H groups in total. The molecular formula is C14H18N4. The minimum atomic E-state index is 0.873. The van der Waals surface area contributed by atoms with Gasteiger partial charge in [-0.3, -0.25) is 0 Å². The lowest BCUT2D eigenvalue weighted by atomic mass is 10.1. The summed E-state index contributed by atoms with van der Waals surface area (Å²) in [7, 11) is 0. The van der Waals surface area contributed by atoms with Gasteiger partial charge < -0.3 is 5.43 Å². The van der Waals surface area contributed by atoms with E-state index in [1.54, 1.807) is 0 Å². The Kier molecular flexibility index (Phi) is 3.11. The maximum atomic E-state index is 4.30. The highest BCUT2D eigenvalue weighted by Gasteiger charge is 2.12. The van der Waals surface area contributed by atoms with Gasteiger partial charge in [0.2, 0.25) is 0 Å². The molecule has 3 rings (SSSR count). The van der Waals surface area contributed by atoms with Crippen molar-refractivity contribution in [1.29, 1.82) is 0 Å². The molecule has 1 aliphatic heterocycles. The van der Waals surface area contributed by atoms with E-state index in [0.717, 1.165) is 30.0 Å². The Morgan fingerprint density at radius 3 is 2.50 bits per heavy atom. The predicted molar refractivity (Wildman–Crippen MR) is 73.3 cm³/mol. The quantitative estimate of drug-likeness (QED) is 0.879. The topological polar surface area (TPSA) is 41.1 Å². The Morgan fingerprint density at radius 2 is 1.72 bits per heavy atom. The summed E-state index contributed by atoms with van der Waals surface area (Å²) < 4.78 is 0. The molecule has 1 fully saturated rings. The zero-order valence-corrected chi connectivity index (χ0v) is 10.7. The molecule has 4 heteroatoms. The fourth-order valence-corrected chi connectivity index (χ4v) is 2.48. The molecule has 2 heterocycles. The number of benzene rings is 1. The minimum absolute atomic E-state index is 0.873. The van der Waals surface area contributed by atoms with Gasteiger partial charge in [-0.05, 0) is 19.8 Å². The van der Waals surface area contributed by atoms with Crippen molar-refractivity contribution in [3.63, 3.8) is 0 Å². The van der Waals surface area contributed by atoms with Gasteiger partial charge >= 0.3 is 0 Å². The molecule has 1 saturated heterocycles. The number of anilines is 1. The van der Waals surface area contributed by atoms with Gasteiger partial charge in [0.1, 0.15) is 0 Å². The fourth-order valence-electron chi connectivity index (χ4n) is 2.48. The van der Waals surface area contributed by atoms with Crippen molar-refractivity contribution < 1.29 is 0 Å². The van der Waals surface area contributed by atoms with Crippen LogP contribution in [0.25, 0.3) is 10.8 Å². The zero-order valence-electron chi connectivity index (χ0n) is 10.7. The monoisotopic (exact) mass is 242 g/mol. The Labute approximate surface area is 107 Å². The van der Waals surface area contributed by atoms with Gasteiger partial charge in [0.15, 0.2) is 5.82 Å². The fraction of sp³-hybridized carbons (Fsp3) is 0.429. The Hall–Kier alpha value is -1.68. The van der Waals surface area contributed by atoms with Crippen LogP contribution in [0.3, 0.4) is 0 Å². The SMILES string of the molecule is Cc1nnc(NN2CCCCC2)c2ccccc12. The number of aryl methyl sites for hydroxylation is 1. The van der Waals surface area contributed by atoms with Crippen LogP contribution in [0.4, 0.5) is 5.82 Å². The van der Waals surface area contributed by atoms with E-state index in [1.807, 2.05) is 19.1 Å². The number of nitrogens with zero attached hydrogens (tertiary/aromatic N) is 3. The minimum Gasteiger partial charge on any atom is -0.301 e. The van der Waals surface area contributed by atoms with Crippen molar-refractivity contribution in [2.24, 2.45) is 0 Å². The third kappa shape index (κ3) is 2.16. The summed E-state index contributed by atoms with van der Waals surface area (Å²) >= 11 is 0. The molecule has 0 unspecified atom stereocenters. The summed E-state index contributed by atoms with van der Waals surface area (Å²) in [5, 5.41) is 13.1. The summed E-state index contributed by atoms with van der Waals surface area (Å²) in [6, 6.07) is 8.29. The maximum Gasteiger partial charge on any atom is 0.170 e. The number of aromatic nitrogens is 2. The van der Waals surface area contributed by atoms with Crippen molar-refractivity contribution in [2.75, 3.05) is 18.5 Å². The number of hydrogen-bond acceptors (Lipinski definition) is 4. The second-order valence-corrected chi connectivity index (χ2v) is 4.84. The number of piperidine rings is 1. The average molecular weight is 242 g/mol. The van der Waals surface area contributed by atoms with Gasteiger partial charge in [0.05, 0.1) is 5.69 Å². The smallest absolute Gasteiger partial charge is 0.170 e. The molecule has 0 bridgehead atoms. The second kappa shape index (κ2) is 4.90. The molecular weight excluding hydrogens is 224 g/mol. The van der Waals surface area contributed by atoms with Gasteiger partial charge in [-0.15, -0.1) is 5.10 Å². The van der Waals surface area contributed by atoms with Crippen LogP contribution in [0.1, 0.15) is 25.0 Å². The van der Waals surface area contributed by atoms with Crippen molar-refractivity contribution in [3.05, 3.63) is 30.0 Å². The maximum absolute atomic E-state index is 4.30. The van der Waals surface area contributed by atoms with Crippen LogP contribution in [0.2, 0.25) is 0 Å². The molecule has 0 spiro atoms. The summed E-state index contributed by atoms with van der Waals surface area (Å²) in [5.74, 6) is 0.873. The largest absolute Gasteiger partial charge is 0.301 e. The molecule has 0 radical (unpaired) electrons. The number of fused-ring (bicyclic) bond motifs is 1. The lowest BCUT2D eigenvalue weighted by Gasteiger charge is -2.27. The summed E-state index contributed by atoms with van der Waals surface area (Å²) in [6.45, 7) is 4.17. The zero-order chi connectivity index (χ0) is 12.4. The van der Waals surface area contributed by atoms with Gasteiger partial charge in [-0.25, -0.2) is 5.01 Å². The molecule has 4 nitrogen and oxygen atoms in total. The summed E-state index contributed by atoms with van der Waals surface area (Å²) in [6.07, 6.45) is 3.84. The van der Waals surface area contributed by atoms with Gasteiger partial charge in [0, 0.05) is 23.9 Å². The van der Waals surface area contributed by atoms with Crippen LogP contribution in [-0.4, -0.2) is 28.3 Å². The molecule has 0 saturated carbocycles. The Balaban J connectivity index is 1.94.